The molecule has 0 spiro atoms. The summed E-state index contributed by atoms with van der Waals surface area (Å²) in [5.41, 5.74) is 1.55. The Kier molecular flexibility index (Phi) is 19.2. The first-order chi connectivity index (χ1) is 30.7. The van der Waals surface area contributed by atoms with Crippen LogP contribution in [0.2, 0.25) is 5.02 Å². The molecule has 13 heteroatoms. The second-order valence-corrected chi connectivity index (χ2v) is 16.0. The third kappa shape index (κ3) is 13.7. The first-order valence-corrected chi connectivity index (χ1v) is 22.9. The zero-order valence-corrected chi connectivity index (χ0v) is 37.9. The molecule has 1 aromatic heterocycles. The monoisotopic (exact) mass is 875 g/mol. The summed E-state index contributed by atoms with van der Waals surface area (Å²) in [6.07, 6.45) is 16.0. The molecule has 0 saturated heterocycles. The van der Waals surface area contributed by atoms with Gasteiger partial charge in [0.15, 0.2) is 5.71 Å². The fourth-order valence-corrected chi connectivity index (χ4v) is 7.67. The van der Waals surface area contributed by atoms with Gasteiger partial charge in [-0.1, -0.05) is 132 Å². The Hall–Kier alpha value is -6.01. The third-order valence-corrected chi connectivity index (χ3v) is 11.3. The van der Waals surface area contributed by atoms with Gasteiger partial charge < -0.3 is 25.7 Å². The van der Waals surface area contributed by atoms with Crippen molar-refractivity contribution in [1.29, 1.82) is 0 Å². The van der Waals surface area contributed by atoms with Crippen molar-refractivity contribution in [3.63, 3.8) is 0 Å². The standard InChI is InChI=1S/C50H62ClN7O5/c1-5-8-9-10-11-12-13-14-15-16-17-18-22-32-44(59)52-42-31-25-28-38-45(42)56-47(58(63-4)50(38)62)46(49(61)54-40-30-24-23-29-39(40)51)53-41-34-33-37(57(6-2)7-3)35-43(41)55-48(60)36-26-20-19-21-27-36/h19-21,23-31,33-35H,5-18,22,32H2,1-4H3,(H,52,59)(H,54,61)(H,55,60)/b53-46+. The number of amides is 3. The molecule has 0 saturated carbocycles. The maximum atomic E-state index is 14.5. The van der Waals surface area contributed by atoms with E-state index in [0.717, 1.165) is 36.1 Å². The zero-order chi connectivity index (χ0) is 45.0. The molecule has 0 aliphatic heterocycles. The van der Waals surface area contributed by atoms with Crippen LogP contribution in [0, 0.1) is 0 Å². The van der Waals surface area contributed by atoms with E-state index in [1.165, 1.54) is 64.9 Å². The summed E-state index contributed by atoms with van der Waals surface area (Å²) in [5.74, 6) is -1.60. The van der Waals surface area contributed by atoms with Crippen molar-refractivity contribution in [2.45, 2.75) is 111 Å². The van der Waals surface area contributed by atoms with E-state index in [1.807, 2.05) is 26.0 Å². The van der Waals surface area contributed by atoms with Crippen LogP contribution in [-0.2, 0) is 9.59 Å². The summed E-state index contributed by atoms with van der Waals surface area (Å²) in [6, 6.07) is 25.7. The number of anilines is 4. The molecule has 3 amide bonds. The van der Waals surface area contributed by atoms with Gasteiger partial charge in [-0.2, -0.15) is 0 Å². The van der Waals surface area contributed by atoms with Crippen LogP contribution in [0.1, 0.15) is 127 Å². The lowest BCUT2D eigenvalue weighted by Gasteiger charge is -2.22. The number of fused-ring (bicyclic) bond motifs is 1. The van der Waals surface area contributed by atoms with Gasteiger partial charge >= 0.3 is 0 Å². The van der Waals surface area contributed by atoms with Gasteiger partial charge in [-0.3, -0.25) is 19.2 Å². The fourth-order valence-electron chi connectivity index (χ4n) is 7.49. The average molecular weight is 877 g/mol. The number of aliphatic imine (C=N–C) groups is 1. The number of nitrogens with one attached hydrogen (secondary N) is 3. The third-order valence-electron chi connectivity index (χ3n) is 11.0. The van der Waals surface area contributed by atoms with Crippen LogP contribution in [-0.4, -0.2) is 53.3 Å². The summed E-state index contributed by atoms with van der Waals surface area (Å²) in [7, 11) is 1.29. The molecule has 5 rings (SSSR count). The molecule has 334 valence electrons. The van der Waals surface area contributed by atoms with Gasteiger partial charge in [0.2, 0.25) is 11.7 Å². The Morgan fingerprint density at radius 1 is 0.698 bits per heavy atom. The Balaban J connectivity index is 1.45. The van der Waals surface area contributed by atoms with Crippen molar-refractivity contribution in [3.8, 4) is 0 Å². The molecule has 63 heavy (non-hydrogen) atoms. The van der Waals surface area contributed by atoms with Crippen LogP contribution in [0.5, 0.6) is 0 Å². The number of rotatable bonds is 25. The molecule has 5 aromatic rings. The van der Waals surface area contributed by atoms with Crippen molar-refractivity contribution in [2.75, 3.05) is 41.0 Å². The molecular weight excluding hydrogens is 814 g/mol. The van der Waals surface area contributed by atoms with Crippen LogP contribution in [0.3, 0.4) is 0 Å². The van der Waals surface area contributed by atoms with Crippen LogP contribution in [0.4, 0.5) is 28.4 Å². The van der Waals surface area contributed by atoms with Gasteiger partial charge in [0, 0.05) is 30.8 Å². The van der Waals surface area contributed by atoms with E-state index in [9.17, 15) is 19.2 Å². The van der Waals surface area contributed by atoms with Gasteiger partial charge in [0.25, 0.3) is 17.4 Å². The molecule has 0 radical (unpaired) electrons. The van der Waals surface area contributed by atoms with E-state index in [0.29, 0.717) is 42.1 Å². The number of carbonyl (C=O) groups is 3. The minimum Gasteiger partial charge on any atom is -0.412 e. The van der Waals surface area contributed by atoms with Crippen molar-refractivity contribution >= 4 is 74.4 Å². The van der Waals surface area contributed by atoms with Crippen LogP contribution in [0.15, 0.2) is 101 Å². The molecule has 1 heterocycles. The lowest BCUT2D eigenvalue weighted by atomic mass is 10.0. The van der Waals surface area contributed by atoms with E-state index in [2.05, 4.69) is 27.8 Å². The van der Waals surface area contributed by atoms with Crippen LogP contribution < -0.4 is 31.2 Å². The minimum absolute atomic E-state index is 0.150. The Morgan fingerprint density at radius 2 is 1.32 bits per heavy atom. The highest BCUT2D eigenvalue weighted by Crippen LogP contribution is 2.32. The van der Waals surface area contributed by atoms with E-state index in [-0.39, 0.29) is 45.0 Å². The van der Waals surface area contributed by atoms with Crippen molar-refractivity contribution in [1.82, 2.24) is 9.71 Å². The summed E-state index contributed by atoms with van der Waals surface area (Å²) in [6.45, 7) is 7.71. The van der Waals surface area contributed by atoms with Crippen LogP contribution >= 0.6 is 11.6 Å². The van der Waals surface area contributed by atoms with Crippen LogP contribution in [0.25, 0.3) is 10.9 Å². The quantitative estimate of drug-likeness (QED) is 0.0391. The van der Waals surface area contributed by atoms with Gasteiger partial charge in [0.1, 0.15) is 12.6 Å². The predicted molar refractivity (Wildman–Crippen MR) is 258 cm³/mol. The lowest BCUT2D eigenvalue weighted by molar-refractivity contribution is -0.116. The second kappa shape index (κ2) is 25.2. The Bertz CT molecular complexity index is 2380. The molecule has 0 bridgehead atoms. The highest BCUT2D eigenvalue weighted by Gasteiger charge is 2.26. The van der Waals surface area contributed by atoms with Gasteiger partial charge in [-0.25, -0.2) is 9.98 Å². The Morgan fingerprint density at radius 3 is 1.95 bits per heavy atom. The van der Waals surface area contributed by atoms with E-state index in [4.69, 9.17) is 26.4 Å². The number of aromatic nitrogens is 2. The van der Waals surface area contributed by atoms with Crippen molar-refractivity contribution in [3.05, 3.63) is 118 Å². The molecule has 0 aliphatic rings. The highest BCUT2D eigenvalue weighted by atomic mass is 35.5. The number of hydrogen-bond acceptors (Lipinski definition) is 8. The van der Waals surface area contributed by atoms with E-state index in [1.54, 1.807) is 78.9 Å². The lowest BCUT2D eigenvalue weighted by Crippen LogP contribution is -2.36. The number of nitrogens with zero attached hydrogens (tertiary/aromatic N) is 4. The number of halogens is 1. The van der Waals surface area contributed by atoms with E-state index >= 15 is 0 Å². The summed E-state index contributed by atoms with van der Waals surface area (Å²) >= 11 is 6.48. The van der Waals surface area contributed by atoms with Gasteiger partial charge in [-0.05, 0) is 74.9 Å². The molecule has 12 nitrogen and oxygen atoms in total. The summed E-state index contributed by atoms with van der Waals surface area (Å²) in [4.78, 5) is 73.0. The zero-order valence-electron chi connectivity index (χ0n) is 37.2. The predicted octanol–water partition coefficient (Wildman–Crippen LogP) is 11.4. The van der Waals surface area contributed by atoms with Crippen molar-refractivity contribution in [2.24, 2.45) is 4.99 Å². The second-order valence-electron chi connectivity index (χ2n) is 15.5. The molecule has 4 aromatic carbocycles. The van der Waals surface area contributed by atoms with Gasteiger partial charge in [0.05, 0.1) is 33.2 Å². The number of unbranched alkanes of at least 4 members (excludes halogenated alkanes) is 12. The average Bonchev–Trinajstić information content (AvgIpc) is 3.29. The number of hydrogen-bond donors (Lipinski definition) is 3. The first kappa shape index (κ1) is 48.0. The minimum atomic E-state index is -0.766. The molecule has 0 aliphatic carbocycles. The maximum absolute atomic E-state index is 14.5. The molecular formula is C50H62ClN7O5. The largest absolute Gasteiger partial charge is 0.412 e. The maximum Gasteiger partial charge on any atom is 0.294 e. The SMILES string of the molecule is CCCCCCCCCCCCCCCC(=O)Nc1cccc2c(=O)n(OC)c(/C(=N\c3ccc(N(CC)CC)cc3NC(=O)c3ccccc3)C(=O)Nc3ccccc3Cl)nc12. The Labute approximate surface area is 376 Å². The van der Waals surface area contributed by atoms with E-state index < -0.39 is 11.5 Å². The smallest absolute Gasteiger partial charge is 0.294 e. The molecule has 0 unspecified atom stereocenters. The molecule has 3 N–H and O–H groups in total. The van der Waals surface area contributed by atoms with Crippen molar-refractivity contribution < 1.29 is 19.2 Å². The van der Waals surface area contributed by atoms with Gasteiger partial charge in [-0.15, -0.1) is 4.73 Å². The highest BCUT2D eigenvalue weighted by molar-refractivity contribution is 6.49. The molecule has 0 fully saturated rings. The molecule has 0 atom stereocenters. The number of para-hydroxylation sites is 2. The normalized spacial score (nSPS) is 11.3. The fraction of sp³-hybridized carbons (Fsp3) is 0.400. The number of benzene rings is 4. The summed E-state index contributed by atoms with van der Waals surface area (Å²) in [5, 5.41) is 9.17. The first-order valence-electron chi connectivity index (χ1n) is 22.5. The topological polar surface area (TPSA) is 147 Å². The number of carbonyl (C=O) groups excluding carboxylic acids is 3. The summed E-state index contributed by atoms with van der Waals surface area (Å²) < 4.78 is 0.888.